The van der Waals surface area contributed by atoms with Crippen molar-refractivity contribution in [2.75, 3.05) is 20.8 Å². The molecule has 0 unspecified atom stereocenters. The van der Waals surface area contributed by atoms with E-state index in [1.54, 1.807) is 14.2 Å². The van der Waals surface area contributed by atoms with E-state index in [1.165, 1.54) is 5.56 Å². The fraction of sp³-hybridized carbons (Fsp3) is 0.350. The average molecular weight is 340 g/mol. The van der Waals surface area contributed by atoms with Crippen LogP contribution in [0.3, 0.4) is 0 Å². The quantitative estimate of drug-likeness (QED) is 0.849. The molecule has 1 aliphatic rings. The first-order valence-corrected chi connectivity index (χ1v) is 8.50. The van der Waals surface area contributed by atoms with Crippen LogP contribution in [-0.4, -0.2) is 26.7 Å². The number of nitrogens with one attached hydrogen (secondary N) is 2. The van der Waals surface area contributed by atoms with Crippen molar-refractivity contribution in [2.45, 2.75) is 25.4 Å². The fourth-order valence-electron chi connectivity index (χ4n) is 3.20. The van der Waals surface area contributed by atoms with Crippen LogP contribution in [0, 0.1) is 0 Å². The van der Waals surface area contributed by atoms with Crippen LogP contribution in [0.2, 0.25) is 0 Å². The summed E-state index contributed by atoms with van der Waals surface area (Å²) >= 11 is 0. The summed E-state index contributed by atoms with van der Waals surface area (Å²) in [6, 6.07) is 13.9. The zero-order valence-corrected chi connectivity index (χ0v) is 14.7. The van der Waals surface area contributed by atoms with Gasteiger partial charge in [-0.3, -0.25) is 4.79 Å². The summed E-state index contributed by atoms with van der Waals surface area (Å²) < 4.78 is 10.8. The topological polar surface area (TPSA) is 59.6 Å². The minimum atomic E-state index is -0.0145. The number of methoxy groups -OCH3 is 2. The Bertz CT molecular complexity index is 731. The number of carbonyl (C=O) groups is 1. The predicted molar refractivity (Wildman–Crippen MR) is 96.9 cm³/mol. The number of hydrogen-bond acceptors (Lipinski definition) is 4. The molecule has 0 bridgehead atoms. The minimum absolute atomic E-state index is 0.0145. The minimum Gasteiger partial charge on any atom is -0.493 e. The highest BCUT2D eigenvalue weighted by Crippen LogP contribution is 2.36. The van der Waals surface area contributed by atoms with Crippen LogP contribution in [-0.2, 0) is 17.8 Å². The van der Waals surface area contributed by atoms with Crippen molar-refractivity contribution in [3.63, 3.8) is 0 Å². The van der Waals surface area contributed by atoms with Crippen molar-refractivity contribution in [1.29, 1.82) is 0 Å². The third kappa shape index (κ3) is 4.12. The van der Waals surface area contributed by atoms with E-state index in [4.69, 9.17) is 9.47 Å². The Kier molecular flexibility index (Phi) is 5.56. The van der Waals surface area contributed by atoms with Gasteiger partial charge in [0.1, 0.15) is 0 Å². The Balaban J connectivity index is 1.69. The van der Waals surface area contributed by atoms with Gasteiger partial charge in [0.25, 0.3) is 0 Å². The van der Waals surface area contributed by atoms with Gasteiger partial charge in [0.05, 0.1) is 14.2 Å². The van der Waals surface area contributed by atoms with E-state index in [2.05, 4.69) is 10.6 Å². The first-order valence-electron chi connectivity index (χ1n) is 8.50. The molecule has 132 valence electrons. The van der Waals surface area contributed by atoms with Gasteiger partial charge in [0.15, 0.2) is 11.5 Å². The van der Waals surface area contributed by atoms with Gasteiger partial charge in [-0.1, -0.05) is 30.3 Å². The molecule has 3 rings (SSSR count). The maximum absolute atomic E-state index is 12.4. The third-order valence-corrected chi connectivity index (χ3v) is 4.53. The Hall–Kier alpha value is -2.53. The van der Waals surface area contributed by atoms with Gasteiger partial charge in [0, 0.05) is 19.0 Å². The highest BCUT2D eigenvalue weighted by Gasteiger charge is 2.24. The zero-order valence-electron chi connectivity index (χ0n) is 14.7. The van der Waals surface area contributed by atoms with Gasteiger partial charge < -0.3 is 20.1 Å². The lowest BCUT2D eigenvalue weighted by Crippen LogP contribution is -2.34. The molecule has 5 heteroatoms. The molecule has 1 amide bonds. The standard InChI is InChI=1S/C20H24N2O3/c1-24-18-10-15-8-9-21-17(16(15)11-19(18)25-2)12-20(23)22-13-14-6-4-3-5-7-14/h3-7,10-11,17,21H,8-9,12-13H2,1-2H3,(H,22,23)/t17-/m1/s1. The molecule has 2 aromatic rings. The molecular formula is C20H24N2O3. The van der Waals surface area contributed by atoms with Crippen molar-refractivity contribution >= 4 is 5.91 Å². The molecule has 2 aromatic carbocycles. The Morgan fingerprint density at radius 2 is 1.88 bits per heavy atom. The van der Waals surface area contributed by atoms with Crippen LogP contribution in [0.15, 0.2) is 42.5 Å². The van der Waals surface area contributed by atoms with Crippen LogP contribution in [0.1, 0.15) is 29.2 Å². The Morgan fingerprint density at radius 1 is 1.16 bits per heavy atom. The van der Waals surface area contributed by atoms with E-state index in [0.717, 1.165) is 29.8 Å². The summed E-state index contributed by atoms with van der Waals surface area (Å²) in [6.45, 7) is 1.39. The van der Waals surface area contributed by atoms with Gasteiger partial charge in [-0.2, -0.15) is 0 Å². The van der Waals surface area contributed by atoms with Crippen LogP contribution >= 0.6 is 0 Å². The van der Waals surface area contributed by atoms with Crippen LogP contribution in [0.4, 0.5) is 0 Å². The molecule has 0 spiro atoms. The maximum atomic E-state index is 12.4. The van der Waals surface area contributed by atoms with Crippen molar-refractivity contribution < 1.29 is 14.3 Å². The normalized spacial score (nSPS) is 16.0. The first kappa shape index (κ1) is 17.3. The molecule has 25 heavy (non-hydrogen) atoms. The summed E-state index contributed by atoms with van der Waals surface area (Å²) in [5, 5.41) is 6.43. The summed E-state index contributed by atoms with van der Waals surface area (Å²) in [6.07, 6.45) is 1.31. The molecule has 1 aliphatic heterocycles. The van der Waals surface area contributed by atoms with Crippen molar-refractivity contribution in [3.8, 4) is 11.5 Å². The second kappa shape index (κ2) is 8.03. The SMILES string of the molecule is COc1cc2c(cc1OC)[C@@H](CC(=O)NCc1ccccc1)NCC2. The number of hydrogen-bond donors (Lipinski definition) is 2. The van der Waals surface area contributed by atoms with Crippen molar-refractivity contribution in [1.82, 2.24) is 10.6 Å². The second-order valence-electron chi connectivity index (χ2n) is 6.13. The molecule has 2 N–H and O–H groups in total. The van der Waals surface area contributed by atoms with E-state index < -0.39 is 0 Å². The number of benzene rings is 2. The van der Waals surface area contributed by atoms with Crippen LogP contribution in [0.5, 0.6) is 11.5 Å². The number of amides is 1. The molecule has 0 saturated carbocycles. The number of rotatable bonds is 6. The molecule has 0 aliphatic carbocycles. The first-order chi connectivity index (χ1) is 12.2. The van der Waals surface area contributed by atoms with Gasteiger partial charge in [-0.25, -0.2) is 0 Å². The molecule has 0 saturated heterocycles. The molecule has 1 heterocycles. The largest absolute Gasteiger partial charge is 0.493 e. The maximum Gasteiger partial charge on any atom is 0.222 e. The highest BCUT2D eigenvalue weighted by atomic mass is 16.5. The third-order valence-electron chi connectivity index (χ3n) is 4.53. The Labute approximate surface area is 148 Å². The predicted octanol–water partition coefficient (Wildman–Crippen LogP) is 2.60. The Morgan fingerprint density at radius 3 is 2.60 bits per heavy atom. The molecular weight excluding hydrogens is 316 g/mol. The van der Waals surface area contributed by atoms with E-state index in [9.17, 15) is 4.79 Å². The van der Waals surface area contributed by atoms with E-state index in [1.807, 2.05) is 42.5 Å². The van der Waals surface area contributed by atoms with Crippen LogP contribution < -0.4 is 20.1 Å². The molecule has 0 fully saturated rings. The van der Waals surface area contributed by atoms with E-state index in [-0.39, 0.29) is 11.9 Å². The van der Waals surface area contributed by atoms with Crippen molar-refractivity contribution in [2.24, 2.45) is 0 Å². The number of ether oxygens (including phenoxy) is 2. The second-order valence-corrected chi connectivity index (χ2v) is 6.13. The zero-order chi connectivity index (χ0) is 17.6. The lowest BCUT2D eigenvalue weighted by Gasteiger charge is -2.27. The van der Waals surface area contributed by atoms with E-state index >= 15 is 0 Å². The summed E-state index contributed by atoms with van der Waals surface area (Å²) in [4.78, 5) is 12.4. The fourth-order valence-corrected chi connectivity index (χ4v) is 3.20. The molecule has 0 aromatic heterocycles. The number of fused-ring (bicyclic) bond motifs is 1. The van der Waals surface area contributed by atoms with Gasteiger partial charge in [0.2, 0.25) is 5.91 Å². The molecule has 0 radical (unpaired) electrons. The van der Waals surface area contributed by atoms with Gasteiger partial charge in [-0.15, -0.1) is 0 Å². The number of carbonyl (C=O) groups excluding carboxylic acids is 1. The van der Waals surface area contributed by atoms with E-state index in [0.29, 0.717) is 18.7 Å². The van der Waals surface area contributed by atoms with Gasteiger partial charge >= 0.3 is 0 Å². The van der Waals surface area contributed by atoms with Crippen LogP contribution in [0.25, 0.3) is 0 Å². The lowest BCUT2D eigenvalue weighted by molar-refractivity contribution is -0.121. The van der Waals surface area contributed by atoms with Gasteiger partial charge in [-0.05, 0) is 41.8 Å². The molecule has 5 nitrogen and oxygen atoms in total. The van der Waals surface area contributed by atoms with Crippen molar-refractivity contribution in [3.05, 3.63) is 59.2 Å². The molecule has 1 atom stereocenters. The highest BCUT2D eigenvalue weighted by molar-refractivity contribution is 5.77. The summed E-state index contributed by atoms with van der Waals surface area (Å²) in [5.74, 6) is 1.46. The monoisotopic (exact) mass is 340 g/mol. The smallest absolute Gasteiger partial charge is 0.222 e. The summed E-state index contributed by atoms with van der Waals surface area (Å²) in [5.41, 5.74) is 3.41. The summed E-state index contributed by atoms with van der Waals surface area (Å²) in [7, 11) is 3.27. The lowest BCUT2D eigenvalue weighted by atomic mass is 9.91. The average Bonchev–Trinajstić information content (AvgIpc) is 2.66.